The van der Waals surface area contributed by atoms with Crippen LogP contribution in [0.4, 0.5) is 11.5 Å². The number of aromatic amines is 1. The number of thioether (sulfide) groups is 1. The number of aromatic nitrogens is 2. The van der Waals surface area contributed by atoms with Crippen LogP contribution in [0.5, 0.6) is 0 Å². The largest absolute Gasteiger partial charge is 0.391 e. The lowest BCUT2D eigenvalue weighted by atomic mass is 10.2. The fourth-order valence-electron chi connectivity index (χ4n) is 2.07. The lowest BCUT2D eigenvalue weighted by Crippen LogP contribution is -2.28. The summed E-state index contributed by atoms with van der Waals surface area (Å²) >= 11 is 1.85. The molecule has 1 aliphatic carbocycles. The summed E-state index contributed by atoms with van der Waals surface area (Å²) in [4.78, 5) is 17.8. The molecule has 0 saturated heterocycles. The second kappa shape index (κ2) is 4.78. The summed E-state index contributed by atoms with van der Waals surface area (Å²) in [6.45, 7) is 0. The van der Waals surface area contributed by atoms with Crippen molar-refractivity contribution in [2.24, 2.45) is 0 Å². The molecule has 2 unspecified atom stereocenters. The molecule has 1 aromatic heterocycles. The summed E-state index contributed by atoms with van der Waals surface area (Å²) < 4.78 is 0. The van der Waals surface area contributed by atoms with Crippen LogP contribution in [0.3, 0.4) is 0 Å². The van der Waals surface area contributed by atoms with E-state index < -0.39 is 0 Å². The highest BCUT2D eigenvalue weighted by Gasteiger charge is 2.27. The number of nitrogens with zero attached hydrogens (tertiary/aromatic N) is 1. The quantitative estimate of drug-likeness (QED) is 0.735. The van der Waals surface area contributed by atoms with Crippen LogP contribution >= 0.6 is 11.8 Å². The van der Waals surface area contributed by atoms with E-state index in [9.17, 15) is 4.79 Å². The van der Waals surface area contributed by atoms with Gasteiger partial charge in [0.2, 0.25) is 0 Å². The third kappa shape index (κ3) is 2.16. The first-order valence-corrected chi connectivity index (χ1v) is 6.63. The Morgan fingerprint density at radius 2 is 2.44 bits per heavy atom. The van der Waals surface area contributed by atoms with Crippen molar-refractivity contribution in [1.82, 2.24) is 9.97 Å². The standard InChI is InChI=1S/C10H16N4OS/c1-16-7-4-2-3-6(7)14-9-8(11)10(15)13-5-12-9/h5-7H,2-4,11H2,1H3,(H2,12,13,14,15). The minimum Gasteiger partial charge on any atom is -0.391 e. The van der Waals surface area contributed by atoms with Crippen molar-refractivity contribution in [2.75, 3.05) is 17.3 Å². The van der Waals surface area contributed by atoms with E-state index >= 15 is 0 Å². The van der Waals surface area contributed by atoms with Gasteiger partial charge in [0, 0.05) is 11.3 Å². The molecule has 6 heteroatoms. The van der Waals surface area contributed by atoms with E-state index in [1.54, 1.807) is 0 Å². The van der Waals surface area contributed by atoms with Crippen LogP contribution < -0.4 is 16.6 Å². The first-order valence-electron chi connectivity index (χ1n) is 5.35. The minimum absolute atomic E-state index is 0.175. The van der Waals surface area contributed by atoms with Crippen LogP contribution in [-0.4, -0.2) is 27.5 Å². The van der Waals surface area contributed by atoms with Crippen molar-refractivity contribution < 1.29 is 0 Å². The predicted octanol–water partition coefficient (Wildman–Crippen LogP) is 1.05. The van der Waals surface area contributed by atoms with Crippen LogP contribution in [0.15, 0.2) is 11.1 Å². The zero-order valence-corrected chi connectivity index (χ0v) is 10.0. The molecule has 5 nitrogen and oxygen atoms in total. The summed E-state index contributed by atoms with van der Waals surface area (Å²) in [5.41, 5.74) is 5.57. The highest BCUT2D eigenvalue weighted by Crippen LogP contribution is 2.30. The van der Waals surface area contributed by atoms with E-state index in [0.29, 0.717) is 17.1 Å². The summed E-state index contributed by atoms with van der Waals surface area (Å²) in [5, 5.41) is 3.86. The normalized spacial score (nSPS) is 24.6. The van der Waals surface area contributed by atoms with E-state index in [0.717, 1.165) is 6.42 Å². The van der Waals surface area contributed by atoms with Crippen LogP contribution in [0.25, 0.3) is 0 Å². The first kappa shape index (κ1) is 11.3. The number of nitrogens with two attached hydrogens (primary N) is 1. The van der Waals surface area contributed by atoms with Gasteiger partial charge in [0.1, 0.15) is 5.69 Å². The van der Waals surface area contributed by atoms with Crippen LogP contribution in [0, 0.1) is 0 Å². The predicted molar refractivity (Wildman–Crippen MR) is 67.8 cm³/mol. The maximum atomic E-state index is 11.3. The maximum Gasteiger partial charge on any atom is 0.276 e. The molecule has 0 bridgehead atoms. The molecule has 16 heavy (non-hydrogen) atoms. The second-order valence-electron chi connectivity index (χ2n) is 3.95. The van der Waals surface area contributed by atoms with Gasteiger partial charge in [0.05, 0.1) is 6.33 Å². The Balaban J connectivity index is 2.14. The Labute approximate surface area is 98.2 Å². The highest BCUT2D eigenvalue weighted by atomic mass is 32.2. The molecule has 0 spiro atoms. The smallest absolute Gasteiger partial charge is 0.276 e. The zero-order chi connectivity index (χ0) is 11.5. The molecular weight excluding hydrogens is 224 g/mol. The van der Waals surface area contributed by atoms with E-state index in [-0.39, 0.29) is 11.2 Å². The number of nitrogen functional groups attached to an aromatic ring is 1. The first-order chi connectivity index (χ1) is 7.72. The molecule has 1 saturated carbocycles. The van der Waals surface area contributed by atoms with Gasteiger partial charge in [-0.3, -0.25) is 4.79 Å². The van der Waals surface area contributed by atoms with Gasteiger partial charge in [-0.2, -0.15) is 11.8 Å². The van der Waals surface area contributed by atoms with Gasteiger partial charge in [-0.1, -0.05) is 6.42 Å². The molecule has 2 atom stereocenters. The van der Waals surface area contributed by atoms with Gasteiger partial charge in [0.25, 0.3) is 5.56 Å². The minimum atomic E-state index is -0.281. The molecule has 1 aliphatic rings. The van der Waals surface area contributed by atoms with Crippen molar-refractivity contribution in [1.29, 1.82) is 0 Å². The summed E-state index contributed by atoms with van der Waals surface area (Å²) in [7, 11) is 0. The zero-order valence-electron chi connectivity index (χ0n) is 9.19. The molecule has 2 rings (SSSR count). The Morgan fingerprint density at radius 3 is 3.19 bits per heavy atom. The summed E-state index contributed by atoms with van der Waals surface area (Å²) in [6, 6.07) is 0.367. The molecule has 0 aromatic carbocycles. The van der Waals surface area contributed by atoms with Crippen LogP contribution in [0.2, 0.25) is 0 Å². The van der Waals surface area contributed by atoms with E-state index in [1.807, 2.05) is 11.8 Å². The molecule has 4 N–H and O–H groups in total. The average Bonchev–Trinajstić information content (AvgIpc) is 2.72. The number of hydrogen-bond acceptors (Lipinski definition) is 5. The van der Waals surface area contributed by atoms with Crippen LogP contribution in [-0.2, 0) is 0 Å². The Kier molecular flexibility index (Phi) is 3.38. The molecule has 0 amide bonds. The van der Waals surface area contributed by atoms with Crippen molar-refractivity contribution in [3.05, 3.63) is 16.7 Å². The summed E-state index contributed by atoms with van der Waals surface area (Å²) in [6.07, 6.45) is 7.02. The SMILES string of the molecule is CSC1CCCC1Nc1nc[nH]c(=O)c1N. The molecular formula is C10H16N4OS. The van der Waals surface area contributed by atoms with E-state index in [1.165, 1.54) is 19.2 Å². The Hall–Kier alpha value is -1.17. The van der Waals surface area contributed by atoms with E-state index in [2.05, 4.69) is 21.5 Å². The van der Waals surface area contributed by atoms with Crippen molar-refractivity contribution in [3.8, 4) is 0 Å². The van der Waals surface area contributed by atoms with Crippen molar-refractivity contribution in [2.45, 2.75) is 30.6 Å². The molecule has 1 heterocycles. The topological polar surface area (TPSA) is 83.8 Å². The fraction of sp³-hybridized carbons (Fsp3) is 0.600. The van der Waals surface area contributed by atoms with E-state index in [4.69, 9.17) is 5.73 Å². The lowest BCUT2D eigenvalue weighted by molar-refractivity contribution is 0.762. The fourth-order valence-corrected chi connectivity index (χ4v) is 3.01. The third-order valence-electron chi connectivity index (χ3n) is 2.97. The molecule has 0 aliphatic heterocycles. The van der Waals surface area contributed by atoms with Gasteiger partial charge in [-0.15, -0.1) is 0 Å². The van der Waals surface area contributed by atoms with Gasteiger partial charge in [0.15, 0.2) is 5.82 Å². The number of hydrogen-bond donors (Lipinski definition) is 3. The van der Waals surface area contributed by atoms with Gasteiger partial charge < -0.3 is 16.0 Å². The number of H-pyrrole nitrogens is 1. The Morgan fingerprint density at radius 1 is 1.62 bits per heavy atom. The van der Waals surface area contributed by atoms with Crippen molar-refractivity contribution in [3.63, 3.8) is 0 Å². The third-order valence-corrected chi connectivity index (χ3v) is 4.14. The van der Waals surface area contributed by atoms with Crippen LogP contribution in [0.1, 0.15) is 19.3 Å². The van der Waals surface area contributed by atoms with Crippen molar-refractivity contribution >= 4 is 23.3 Å². The lowest BCUT2D eigenvalue weighted by Gasteiger charge is -2.20. The molecule has 1 fully saturated rings. The monoisotopic (exact) mass is 240 g/mol. The van der Waals surface area contributed by atoms with Gasteiger partial charge in [-0.05, 0) is 19.1 Å². The van der Waals surface area contributed by atoms with Gasteiger partial charge in [-0.25, -0.2) is 4.98 Å². The Bertz CT molecular complexity index is 420. The number of nitrogens with one attached hydrogen (secondary N) is 2. The highest BCUT2D eigenvalue weighted by molar-refractivity contribution is 7.99. The molecule has 88 valence electrons. The molecule has 0 radical (unpaired) electrons. The number of anilines is 2. The maximum absolute atomic E-state index is 11.3. The second-order valence-corrected chi connectivity index (χ2v) is 5.03. The van der Waals surface area contributed by atoms with Gasteiger partial charge >= 0.3 is 0 Å². The molecule has 1 aromatic rings. The average molecular weight is 240 g/mol. The summed E-state index contributed by atoms with van der Waals surface area (Å²) in [5.74, 6) is 0.509. The number of rotatable bonds is 3.